The summed E-state index contributed by atoms with van der Waals surface area (Å²) in [5.74, 6) is -1.55. The normalized spacial score (nSPS) is 15.2. The summed E-state index contributed by atoms with van der Waals surface area (Å²) in [5.41, 5.74) is 7.50. The first-order valence-electron chi connectivity index (χ1n) is 7.50. The fraction of sp³-hybridized carbons (Fsp3) is 0.529. The Morgan fingerprint density at radius 3 is 2.14 bits per heavy atom. The molecule has 0 aliphatic heterocycles. The van der Waals surface area contributed by atoms with Gasteiger partial charge in [-0.2, -0.15) is 0 Å². The highest BCUT2D eigenvalue weighted by molar-refractivity contribution is 5.79. The summed E-state index contributed by atoms with van der Waals surface area (Å²) in [4.78, 5) is 22.8. The van der Waals surface area contributed by atoms with Gasteiger partial charge in [0.05, 0.1) is 5.92 Å². The third-order valence-corrected chi connectivity index (χ3v) is 3.57. The fourth-order valence-corrected chi connectivity index (χ4v) is 2.11. The number of hydrogen-bond donors (Lipinski definition) is 2. The van der Waals surface area contributed by atoms with Crippen LogP contribution in [0.1, 0.15) is 44.7 Å². The van der Waals surface area contributed by atoms with Crippen molar-refractivity contribution < 1.29 is 19.4 Å². The van der Waals surface area contributed by atoms with Gasteiger partial charge >= 0.3 is 11.9 Å². The smallest absolute Gasteiger partial charge is 0.324 e. The molecule has 5 heteroatoms. The molecule has 0 aromatic heterocycles. The van der Waals surface area contributed by atoms with Crippen LogP contribution in [0.25, 0.3) is 0 Å². The van der Waals surface area contributed by atoms with Gasteiger partial charge in [0, 0.05) is 0 Å². The number of hydrogen-bond acceptors (Lipinski definition) is 4. The molecular formula is C17H25NO4. The van der Waals surface area contributed by atoms with Crippen LogP contribution >= 0.6 is 0 Å². The molecule has 0 fully saturated rings. The summed E-state index contributed by atoms with van der Waals surface area (Å²) < 4.78 is 5.14. The van der Waals surface area contributed by atoms with Crippen molar-refractivity contribution in [2.75, 3.05) is 0 Å². The highest BCUT2D eigenvalue weighted by Gasteiger charge is 2.26. The number of carbonyl (C=O) groups excluding carboxylic acids is 1. The number of ether oxygens (including phenoxy) is 1. The van der Waals surface area contributed by atoms with Crippen LogP contribution in [0.4, 0.5) is 0 Å². The molecule has 0 saturated carbocycles. The van der Waals surface area contributed by atoms with Gasteiger partial charge in [0.25, 0.3) is 0 Å². The van der Waals surface area contributed by atoms with Crippen LogP contribution in [-0.4, -0.2) is 29.2 Å². The van der Waals surface area contributed by atoms with E-state index in [-0.39, 0.29) is 0 Å². The predicted octanol–water partition coefficient (Wildman–Crippen LogP) is 2.33. The summed E-state index contributed by atoms with van der Waals surface area (Å²) in [6, 6.07) is 6.61. The maximum atomic E-state index is 12.1. The number of aliphatic carboxylic acids is 1. The molecule has 0 bridgehead atoms. The first-order chi connectivity index (χ1) is 10.2. The van der Waals surface area contributed by atoms with Crippen LogP contribution in [0, 0.1) is 5.92 Å². The van der Waals surface area contributed by atoms with Crippen molar-refractivity contribution in [1.29, 1.82) is 0 Å². The van der Waals surface area contributed by atoms with Gasteiger partial charge in [0.15, 0.2) is 0 Å². The van der Waals surface area contributed by atoms with E-state index in [2.05, 4.69) is 13.8 Å². The molecule has 0 radical (unpaired) electrons. The standard InChI is InChI=1S/C17H25NO4/c1-10(2)9-13-5-7-14(8-6-13)11(3)17(21)22-12(4)15(18)16(19)20/h5-8,10-12,15H,9,18H2,1-4H3,(H,19,20)/t11?,12-,15+/m1/s1. The van der Waals surface area contributed by atoms with Crippen molar-refractivity contribution in [3.63, 3.8) is 0 Å². The van der Waals surface area contributed by atoms with Gasteiger partial charge in [-0.1, -0.05) is 38.1 Å². The summed E-state index contributed by atoms with van der Waals surface area (Å²) in [5, 5.41) is 8.81. The molecule has 22 heavy (non-hydrogen) atoms. The van der Waals surface area contributed by atoms with Gasteiger partial charge in [-0.25, -0.2) is 0 Å². The number of benzene rings is 1. The van der Waals surface area contributed by atoms with Gasteiger partial charge in [0.2, 0.25) is 0 Å². The Bertz CT molecular complexity index is 510. The number of carbonyl (C=O) groups is 2. The average molecular weight is 307 g/mol. The summed E-state index contributed by atoms with van der Waals surface area (Å²) in [7, 11) is 0. The molecular weight excluding hydrogens is 282 g/mol. The summed E-state index contributed by atoms with van der Waals surface area (Å²) in [6.45, 7) is 7.52. The molecule has 0 saturated heterocycles. The van der Waals surface area contributed by atoms with Crippen LogP contribution in [0.3, 0.4) is 0 Å². The van der Waals surface area contributed by atoms with E-state index in [1.165, 1.54) is 12.5 Å². The van der Waals surface area contributed by atoms with E-state index in [0.29, 0.717) is 5.92 Å². The minimum Gasteiger partial charge on any atom is -0.480 e. The lowest BCUT2D eigenvalue weighted by molar-refractivity contribution is -0.154. The number of rotatable bonds is 7. The molecule has 0 heterocycles. The monoisotopic (exact) mass is 307 g/mol. The number of carboxylic acids is 1. The predicted molar refractivity (Wildman–Crippen MR) is 84.6 cm³/mol. The summed E-state index contributed by atoms with van der Waals surface area (Å²) >= 11 is 0. The molecule has 0 aliphatic carbocycles. The van der Waals surface area contributed by atoms with Gasteiger partial charge in [-0.3, -0.25) is 9.59 Å². The second-order valence-electron chi connectivity index (χ2n) is 6.07. The van der Waals surface area contributed by atoms with Gasteiger partial charge in [-0.05, 0) is 37.3 Å². The first kappa shape index (κ1) is 18.2. The Labute approximate surface area is 131 Å². The van der Waals surface area contributed by atoms with E-state index >= 15 is 0 Å². The minimum atomic E-state index is -1.22. The van der Waals surface area contributed by atoms with Crippen molar-refractivity contribution >= 4 is 11.9 Å². The SMILES string of the molecule is CC(C)Cc1ccc(C(C)C(=O)O[C@H](C)[C@H](N)C(=O)O)cc1. The van der Waals surface area contributed by atoms with Gasteiger partial charge in [0.1, 0.15) is 12.1 Å². The number of carboxylic acid groups (broad SMARTS) is 1. The second-order valence-corrected chi connectivity index (χ2v) is 6.07. The lowest BCUT2D eigenvalue weighted by Crippen LogP contribution is -2.43. The Kier molecular flexibility index (Phi) is 6.56. The molecule has 1 rings (SSSR count). The minimum absolute atomic E-state index is 0.462. The van der Waals surface area contributed by atoms with E-state index in [1.807, 2.05) is 24.3 Å². The largest absolute Gasteiger partial charge is 0.480 e. The summed E-state index contributed by atoms with van der Waals surface area (Å²) in [6.07, 6.45) is 0.122. The van der Waals surface area contributed by atoms with Crippen molar-refractivity contribution in [3.8, 4) is 0 Å². The van der Waals surface area contributed by atoms with Crippen LogP contribution < -0.4 is 5.73 Å². The maximum Gasteiger partial charge on any atom is 0.324 e. The first-order valence-corrected chi connectivity index (χ1v) is 7.50. The quantitative estimate of drug-likeness (QED) is 0.755. The fourth-order valence-electron chi connectivity index (χ4n) is 2.11. The van der Waals surface area contributed by atoms with Crippen molar-refractivity contribution in [2.45, 2.75) is 52.2 Å². The van der Waals surface area contributed by atoms with Crippen LogP contribution in [0.15, 0.2) is 24.3 Å². The molecule has 3 N–H and O–H groups in total. The van der Waals surface area contributed by atoms with E-state index in [4.69, 9.17) is 15.6 Å². The van der Waals surface area contributed by atoms with E-state index in [0.717, 1.165) is 12.0 Å². The van der Waals surface area contributed by atoms with E-state index in [9.17, 15) is 9.59 Å². The molecule has 122 valence electrons. The van der Waals surface area contributed by atoms with Crippen LogP contribution in [0.5, 0.6) is 0 Å². The van der Waals surface area contributed by atoms with Crippen LogP contribution in [-0.2, 0) is 20.7 Å². The molecule has 0 aliphatic rings. The molecule has 0 spiro atoms. The Morgan fingerprint density at radius 2 is 1.68 bits per heavy atom. The number of nitrogens with two attached hydrogens (primary N) is 1. The lowest BCUT2D eigenvalue weighted by atomic mass is 9.97. The molecule has 3 atom stereocenters. The Morgan fingerprint density at radius 1 is 1.14 bits per heavy atom. The highest BCUT2D eigenvalue weighted by Crippen LogP contribution is 2.19. The van der Waals surface area contributed by atoms with Crippen LogP contribution in [0.2, 0.25) is 0 Å². The maximum absolute atomic E-state index is 12.1. The van der Waals surface area contributed by atoms with E-state index in [1.54, 1.807) is 6.92 Å². The highest BCUT2D eigenvalue weighted by atomic mass is 16.5. The van der Waals surface area contributed by atoms with Gasteiger partial charge < -0.3 is 15.6 Å². The zero-order chi connectivity index (χ0) is 16.9. The third kappa shape index (κ3) is 5.15. The number of esters is 1. The van der Waals surface area contributed by atoms with E-state index < -0.39 is 30.0 Å². The molecule has 1 aromatic carbocycles. The molecule has 0 amide bonds. The lowest BCUT2D eigenvalue weighted by Gasteiger charge is -2.19. The van der Waals surface area contributed by atoms with Gasteiger partial charge in [-0.15, -0.1) is 0 Å². The Balaban J connectivity index is 2.68. The van der Waals surface area contributed by atoms with Crippen molar-refractivity contribution in [3.05, 3.63) is 35.4 Å². The molecule has 5 nitrogen and oxygen atoms in total. The zero-order valence-electron chi connectivity index (χ0n) is 13.6. The zero-order valence-corrected chi connectivity index (χ0v) is 13.6. The van der Waals surface area contributed by atoms with Crippen molar-refractivity contribution in [2.24, 2.45) is 11.7 Å². The second kappa shape index (κ2) is 7.94. The average Bonchev–Trinajstić information content (AvgIpc) is 2.45. The molecule has 1 aromatic rings. The molecule has 1 unspecified atom stereocenters. The topological polar surface area (TPSA) is 89.6 Å². The Hall–Kier alpha value is -1.88. The van der Waals surface area contributed by atoms with Crippen molar-refractivity contribution in [1.82, 2.24) is 0 Å². The third-order valence-electron chi connectivity index (χ3n) is 3.57.